The zero-order valence-electron chi connectivity index (χ0n) is 10.8. The molecule has 0 spiro atoms. The Kier molecular flexibility index (Phi) is 5.90. The minimum absolute atomic E-state index is 0.0388. The highest BCUT2D eigenvalue weighted by Gasteiger charge is 2.19. The molecule has 0 radical (unpaired) electrons. The van der Waals surface area contributed by atoms with E-state index in [-0.39, 0.29) is 22.0 Å². The van der Waals surface area contributed by atoms with Gasteiger partial charge in [0.25, 0.3) is 0 Å². The van der Waals surface area contributed by atoms with E-state index < -0.39 is 22.3 Å². The van der Waals surface area contributed by atoms with Gasteiger partial charge in [0.2, 0.25) is 10.0 Å². The lowest BCUT2D eigenvalue weighted by Gasteiger charge is -2.14. The van der Waals surface area contributed by atoms with E-state index in [1.165, 1.54) is 26.4 Å². The summed E-state index contributed by atoms with van der Waals surface area (Å²) in [6, 6.07) is 3.41. The minimum atomic E-state index is -3.88. The maximum atomic E-state index is 12.0. The molecule has 1 aromatic rings. The second-order valence-corrected chi connectivity index (χ2v) is 5.87. The first-order chi connectivity index (χ1) is 9.31. The molecule has 2 N–H and O–H groups in total. The van der Waals surface area contributed by atoms with Gasteiger partial charge in [0.1, 0.15) is 0 Å². The Hall–Kier alpha value is -1.19. The second-order valence-electron chi connectivity index (χ2n) is 3.70. The largest absolute Gasteiger partial charge is 0.478 e. The van der Waals surface area contributed by atoms with E-state index in [0.29, 0.717) is 0 Å². The molecule has 1 rings (SSSR count). The Morgan fingerprint density at radius 1 is 1.40 bits per heavy atom. The van der Waals surface area contributed by atoms with Crippen molar-refractivity contribution in [1.29, 1.82) is 0 Å². The summed E-state index contributed by atoms with van der Waals surface area (Å²) in [5.41, 5.74) is -0.287. The van der Waals surface area contributed by atoms with E-state index in [0.717, 1.165) is 6.07 Å². The highest BCUT2D eigenvalue weighted by atomic mass is 35.5. The van der Waals surface area contributed by atoms with Crippen molar-refractivity contribution in [2.24, 2.45) is 0 Å². The van der Waals surface area contributed by atoms with Crippen LogP contribution in [0.4, 0.5) is 0 Å². The van der Waals surface area contributed by atoms with Crippen molar-refractivity contribution in [1.82, 2.24) is 4.72 Å². The average Bonchev–Trinajstić information content (AvgIpc) is 2.39. The van der Waals surface area contributed by atoms with Gasteiger partial charge < -0.3 is 14.6 Å². The van der Waals surface area contributed by atoms with Gasteiger partial charge in [0.05, 0.1) is 22.0 Å². The first-order valence-corrected chi connectivity index (χ1v) is 7.26. The van der Waals surface area contributed by atoms with Crippen molar-refractivity contribution in [3.63, 3.8) is 0 Å². The van der Waals surface area contributed by atoms with Gasteiger partial charge in [-0.05, 0) is 18.2 Å². The molecule has 0 saturated carbocycles. The standard InChI is InChI=1S/C11H14ClNO6S/c1-18-10(19-2)6-13-20(16,17)7-3-4-9(12)8(5-7)11(14)15/h3-5,10,13H,6H2,1-2H3,(H,14,15). The molecule has 112 valence electrons. The number of aromatic carboxylic acids is 1. The summed E-state index contributed by atoms with van der Waals surface area (Å²) in [6.45, 7) is -0.111. The van der Waals surface area contributed by atoms with Gasteiger partial charge >= 0.3 is 5.97 Å². The normalized spacial score (nSPS) is 11.8. The number of halogens is 1. The summed E-state index contributed by atoms with van der Waals surface area (Å²) < 4.78 is 35.9. The summed E-state index contributed by atoms with van der Waals surface area (Å²) in [7, 11) is -1.14. The van der Waals surface area contributed by atoms with Gasteiger partial charge in [-0.2, -0.15) is 0 Å². The van der Waals surface area contributed by atoms with Crippen molar-refractivity contribution >= 4 is 27.6 Å². The Bertz CT molecular complexity index is 585. The summed E-state index contributed by atoms with van der Waals surface area (Å²) in [6.07, 6.45) is -0.740. The van der Waals surface area contributed by atoms with E-state index in [2.05, 4.69) is 4.72 Å². The maximum Gasteiger partial charge on any atom is 0.337 e. The summed E-state index contributed by atoms with van der Waals surface area (Å²) in [5, 5.41) is 8.87. The smallest absolute Gasteiger partial charge is 0.337 e. The first-order valence-electron chi connectivity index (χ1n) is 5.40. The Morgan fingerprint density at radius 3 is 2.50 bits per heavy atom. The fourth-order valence-electron chi connectivity index (χ4n) is 1.36. The lowest BCUT2D eigenvalue weighted by Crippen LogP contribution is -2.34. The summed E-state index contributed by atoms with van der Waals surface area (Å²) >= 11 is 5.68. The Labute approximate surface area is 121 Å². The zero-order valence-corrected chi connectivity index (χ0v) is 12.4. The number of rotatable bonds is 7. The van der Waals surface area contributed by atoms with Crippen molar-refractivity contribution in [3.8, 4) is 0 Å². The van der Waals surface area contributed by atoms with E-state index in [1.54, 1.807) is 0 Å². The monoisotopic (exact) mass is 323 g/mol. The molecular formula is C11H14ClNO6S. The fraction of sp³-hybridized carbons (Fsp3) is 0.364. The molecule has 0 atom stereocenters. The lowest BCUT2D eigenvalue weighted by atomic mass is 10.2. The predicted molar refractivity (Wildman–Crippen MR) is 71.4 cm³/mol. The molecule has 1 aromatic carbocycles. The maximum absolute atomic E-state index is 12.0. The minimum Gasteiger partial charge on any atom is -0.478 e. The van der Waals surface area contributed by atoms with Crippen molar-refractivity contribution in [3.05, 3.63) is 28.8 Å². The van der Waals surface area contributed by atoms with Crippen LogP contribution in [0.3, 0.4) is 0 Å². The fourth-order valence-corrected chi connectivity index (χ4v) is 2.60. The number of hydrogen-bond acceptors (Lipinski definition) is 5. The molecular weight excluding hydrogens is 310 g/mol. The van der Waals surface area contributed by atoms with Crippen molar-refractivity contribution in [2.45, 2.75) is 11.2 Å². The summed E-state index contributed by atoms with van der Waals surface area (Å²) in [4.78, 5) is 10.7. The number of nitrogens with one attached hydrogen (secondary N) is 1. The Morgan fingerprint density at radius 2 is 2.00 bits per heavy atom. The van der Waals surface area contributed by atoms with E-state index >= 15 is 0 Å². The zero-order chi connectivity index (χ0) is 15.3. The van der Waals surface area contributed by atoms with Gasteiger partial charge in [0, 0.05) is 14.2 Å². The number of ether oxygens (including phenoxy) is 2. The predicted octanol–water partition coefficient (Wildman–Crippen LogP) is 0.935. The third-order valence-corrected chi connectivity index (χ3v) is 4.20. The average molecular weight is 324 g/mol. The first kappa shape index (κ1) is 16.9. The van der Waals surface area contributed by atoms with Crippen LogP contribution in [0.25, 0.3) is 0 Å². The molecule has 20 heavy (non-hydrogen) atoms. The number of sulfonamides is 1. The quantitative estimate of drug-likeness (QED) is 0.724. The van der Waals surface area contributed by atoms with Crippen LogP contribution in [-0.2, 0) is 19.5 Å². The van der Waals surface area contributed by atoms with Crippen molar-refractivity contribution < 1.29 is 27.8 Å². The van der Waals surface area contributed by atoms with Crippen LogP contribution in [0.15, 0.2) is 23.1 Å². The highest BCUT2D eigenvalue weighted by Crippen LogP contribution is 2.20. The number of benzene rings is 1. The van der Waals surface area contributed by atoms with Crippen LogP contribution in [0.2, 0.25) is 5.02 Å². The number of methoxy groups -OCH3 is 2. The number of hydrogen-bond donors (Lipinski definition) is 2. The number of carboxylic acids is 1. The number of carbonyl (C=O) groups is 1. The third kappa shape index (κ3) is 4.15. The van der Waals surface area contributed by atoms with Crippen molar-refractivity contribution in [2.75, 3.05) is 20.8 Å². The molecule has 0 aliphatic rings. The van der Waals surface area contributed by atoms with Gasteiger partial charge in [-0.15, -0.1) is 0 Å². The molecule has 0 aromatic heterocycles. The van der Waals surface area contributed by atoms with Crippen LogP contribution < -0.4 is 4.72 Å². The molecule has 7 nitrogen and oxygen atoms in total. The van der Waals surface area contributed by atoms with Crippen LogP contribution in [0.1, 0.15) is 10.4 Å². The molecule has 0 aliphatic carbocycles. The van der Waals surface area contributed by atoms with E-state index in [9.17, 15) is 13.2 Å². The Balaban J connectivity index is 2.98. The van der Waals surface area contributed by atoms with Gasteiger partial charge in [-0.1, -0.05) is 11.6 Å². The van der Waals surface area contributed by atoms with Gasteiger partial charge in [-0.25, -0.2) is 17.9 Å². The molecule has 0 fully saturated rings. The molecule has 0 heterocycles. The van der Waals surface area contributed by atoms with Crippen LogP contribution in [-0.4, -0.2) is 46.5 Å². The van der Waals surface area contributed by atoms with Crippen LogP contribution in [0.5, 0.6) is 0 Å². The second kappa shape index (κ2) is 7.00. The van der Waals surface area contributed by atoms with Crippen LogP contribution >= 0.6 is 11.6 Å². The topological polar surface area (TPSA) is 102 Å². The highest BCUT2D eigenvalue weighted by molar-refractivity contribution is 7.89. The molecule has 0 amide bonds. The molecule has 9 heteroatoms. The third-order valence-electron chi connectivity index (χ3n) is 2.44. The van der Waals surface area contributed by atoms with E-state index in [4.69, 9.17) is 26.2 Å². The van der Waals surface area contributed by atoms with Crippen LogP contribution in [0, 0.1) is 0 Å². The molecule has 0 saturated heterocycles. The molecule has 0 bridgehead atoms. The van der Waals surface area contributed by atoms with Gasteiger partial charge in [-0.3, -0.25) is 0 Å². The molecule has 0 unspecified atom stereocenters. The molecule has 0 aliphatic heterocycles. The SMILES string of the molecule is COC(CNS(=O)(=O)c1ccc(Cl)c(C(=O)O)c1)OC. The lowest BCUT2D eigenvalue weighted by molar-refractivity contribution is -0.0960. The van der Waals surface area contributed by atoms with E-state index in [1.807, 2.05) is 0 Å². The van der Waals surface area contributed by atoms with Gasteiger partial charge in [0.15, 0.2) is 6.29 Å². The number of carboxylic acid groups (broad SMARTS) is 1. The summed E-state index contributed by atoms with van der Waals surface area (Å²) in [5.74, 6) is -1.31.